The van der Waals surface area contributed by atoms with Crippen molar-refractivity contribution >= 4 is 0 Å². The highest BCUT2D eigenvalue weighted by Crippen LogP contribution is 2.27. The van der Waals surface area contributed by atoms with Gasteiger partial charge >= 0.3 is 0 Å². The second-order valence-corrected chi connectivity index (χ2v) is 9.32. The predicted molar refractivity (Wildman–Crippen MR) is 129 cm³/mol. The Morgan fingerprint density at radius 3 is 2.40 bits per heavy atom. The van der Waals surface area contributed by atoms with Crippen LogP contribution in [0.3, 0.4) is 0 Å². The highest BCUT2D eigenvalue weighted by Gasteiger charge is 2.22. The lowest BCUT2D eigenvalue weighted by Gasteiger charge is -2.36. The molecule has 0 radical (unpaired) electrons. The number of hydrogen-bond acceptors (Lipinski definition) is 3. The summed E-state index contributed by atoms with van der Waals surface area (Å²) in [5.74, 6) is 1.18. The molecule has 1 aromatic rings. The molecule has 0 saturated carbocycles. The normalized spacial score (nSPS) is 20.7. The summed E-state index contributed by atoms with van der Waals surface area (Å²) in [7, 11) is 2.20. The molecule has 3 nitrogen and oxygen atoms in total. The summed E-state index contributed by atoms with van der Waals surface area (Å²) in [6.07, 6.45) is 10.6. The van der Waals surface area contributed by atoms with E-state index in [1.54, 1.807) is 0 Å². The largest absolute Gasteiger partial charge is 0.375 e. The summed E-state index contributed by atoms with van der Waals surface area (Å²) in [6.45, 7) is 18.0. The molecule has 30 heavy (non-hydrogen) atoms. The van der Waals surface area contributed by atoms with E-state index in [9.17, 15) is 0 Å². The quantitative estimate of drug-likeness (QED) is 0.582. The van der Waals surface area contributed by atoms with Crippen molar-refractivity contribution in [3.05, 3.63) is 71.6 Å². The van der Waals surface area contributed by atoms with Crippen LogP contribution in [0.4, 0.5) is 0 Å². The lowest BCUT2D eigenvalue weighted by atomic mass is 9.88. The van der Waals surface area contributed by atoms with Crippen molar-refractivity contribution in [1.29, 1.82) is 0 Å². The van der Waals surface area contributed by atoms with Crippen LogP contribution in [0, 0.1) is 18.8 Å². The van der Waals surface area contributed by atoms with Crippen LogP contribution in [0.15, 0.2) is 60.5 Å². The fourth-order valence-electron chi connectivity index (χ4n) is 4.60. The van der Waals surface area contributed by atoms with Gasteiger partial charge in [0.1, 0.15) is 0 Å². The van der Waals surface area contributed by atoms with Crippen molar-refractivity contribution in [3.63, 3.8) is 0 Å². The number of nitrogens with zero attached hydrogens (tertiary/aromatic N) is 3. The third-order valence-corrected chi connectivity index (χ3v) is 7.06. The van der Waals surface area contributed by atoms with Gasteiger partial charge in [0.2, 0.25) is 0 Å². The van der Waals surface area contributed by atoms with Crippen LogP contribution in [0.1, 0.15) is 37.8 Å². The van der Waals surface area contributed by atoms with Crippen LogP contribution in [-0.4, -0.2) is 61.0 Å². The summed E-state index contributed by atoms with van der Waals surface area (Å²) >= 11 is 0. The van der Waals surface area contributed by atoms with Crippen molar-refractivity contribution in [3.8, 4) is 0 Å². The van der Waals surface area contributed by atoms with Gasteiger partial charge in [0.15, 0.2) is 0 Å². The molecule has 164 valence electrons. The zero-order chi connectivity index (χ0) is 21.5. The number of benzene rings is 1. The molecule has 2 heterocycles. The summed E-state index contributed by atoms with van der Waals surface area (Å²) in [6, 6.07) is 8.85. The molecule has 0 aliphatic carbocycles. The van der Waals surface area contributed by atoms with E-state index in [1.165, 1.54) is 41.8 Å². The Bertz CT molecular complexity index is 747. The lowest BCUT2D eigenvalue weighted by Crippen LogP contribution is -2.43. The van der Waals surface area contributed by atoms with Gasteiger partial charge in [-0.25, -0.2) is 0 Å². The molecule has 0 spiro atoms. The minimum Gasteiger partial charge on any atom is -0.375 e. The third-order valence-electron chi connectivity index (χ3n) is 7.06. The van der Waals surface area contributed by atoms with Crippen molar-refractivity contribution in [2.75, 3.05) is 46.3 Å². The zero-order valence-electron chi connectivity index (χ0n) is 19.6. The number of likely N-dealkylation sites (tertiary alicyclic amines) is 1. The lowest BCUT2D eigenvalue weighted by molar-refractivity contribution is 0.186. The van der Waals surface area contributed by atoms with E-state index in [-0.39, 0.29) is 0 Å². The van der Waals surface area contributed by atoms with Gasteiger partial charge in [-0.2, -0.15) is 0 Å². The van der Waals surface area contributed by atoms with Crippen molar-refractivity contribution in [2.24, 2.45) is 11.8 Å². The molecular formula is C27H41N3. The molecular weight excluding hydrogens is 366 g/mol. The third kappa shape index (κ3) is 6.25. The second-order valence-electron chi connectivity index (χ2n) is 9.32. The molecule has 2 fully saturated rings. The highest BCUT2D eigenvalue weighted by atomic mass is 15.2. The maximum absolute atomic E-state index is 4.44. The number of likely N-dealkylation sites (N-methyl/N-ethyl adjacent to an activating group) is 1. The van der Waals surface area contributed by atoms with Gasteiger partial charge in [0, 0.05) is 56.6 Å². The van der Waals surface area contributed by atoms with Crippen LogP contribution < -0.4 is 0 Å². The number of piperazine rings is 1. The Morgan fingerprint density at radius 1 is 1.07 bits per heavy atom. The van der Waals surface area contributed by atoms with Gasteiger partial charge in [-0.3, -0.25) is 0 Å². The molecule has 1 unspecified atom stereocenters. The molecule has 2 aliphatic heterocycles. The minimum atomic E-state index is 0.384. The molecule has 0 amide bonds. The van der Waals surface area contributed by atoms with Crippen LogP contribution in [0.5, 0.6) is 0 Å². The monoisotopic (exact) mass is 407 g/mol. The Balaban J connectivity index is 1.44. The first-order chi connectivity index (χ1) is 14.4. The summed E-state index contributed by atoms with van der Waals surface area (Å²) in [4.78, 5) is 7.40. The Kier molecular flexibility index (Phi) is 8.21. The van der Waals surface area contributed by atoms with Gasteiger partial charge < -0.3 is 14.7 Å². The minimum absolute atomic E-state index is 0.384. The van der Waals surface area contributed by atoms with Crippen LogP contribution in [0.2, 0.25) is 0 Å². The van der Waals surface area contributed by atoms with E-state index in [0.29, 0.717) is 5.92 Å². The average Bonchev–Trinajstić information content (AvgIpc) is 2.75. The summed E-state index contributed by atoms with van der Waals surface area (Å²) in [5, 5.41) is 0. The van der Waals surface area contributed by atoms with E-state index in [0.717, 1.165) is 45.2 Å². The van der Waals surface area contributed by atoms with Crippen LogP contribution in [0.25, 0.3) is 0 Å². The Morgan fingerprint density at radius 2 is 1.73 bits per heavy atom. The topological polar surface area (TPSA) is 9.72 Å². The number of aryl methyl sites for hydroxylation is 1. The van der Waals surface area contributed by atoms with Gasteiger partial charge in [0.05, 0.1) is 0 Å². The molecule has 0 N–H and O–H groups in total. The Labute approximate surface area is 184 Å². The molecule has 2 aliphatic rings. The smallest absolute Gasteiger partial charge is 0.0303 e. The fraction of sp³-hybridized carbons (Fsp3) is 0.556. The van der Waals surface area contributed by atoms with E-state index in [2.05, 4.69) is 91.6 Å². The second kappa shape index (κ2) is 10.9. The standard InChI is InChI=1S/C27H41N3/c1-22(10-8-11-24(3)29-19-17-28(5)18-20-29)25(4)30-15-13-26(14-16-30)21-27-12-7-6-9-23(27)2/h6-12,22,26H,4,13-21H2,1-3,5H3/b10-8-,24-11+. The molecule has 3 heteroatoms. The summed E-state index contributed by atoms with van der Waals surface area (Å²) in [5.41, 5.74) is 5.59. The van der Waals surface area contributed by atoms with Crippen LogP contribution >= 0.6 is 0 Å². The predicted octanol–water partition coefficient (Wildman–Crippen LogP) is 5.11. The van der Waals surface area contributed by atoms with E-state index < -0.39 is 0 Å². The average molecular weight is 408 g/mol. The Hall–Kier alpha value is -2.00. The van der Waals surface area contributed by atoms with Gasteiger partial charge in [-0.15, -0.1) is 0 Å². The van der Waals surface area contributed by atoms with Crippen molar-refractivity contribution < 1.29 is 0 Å². The fourth-order valence-corrected chi connectivity index (χ4v) is 4.60. The number of piperidine rings is 1. The first-order valence-electron chi connectivity index (χ1n) is 11.7. The highest BCUT2D eigenvalue weighted by molar-refractivity contribution is 5.26. The van der Waals surface area contributed by atoms with E-state index in [4.69, 9.17) is 0 Å². The van der Waals surface area contributed by atoms with Crippen molar-refractivity contribution in [2.45, 2.75) is 40.0 Å². The van der Waals surface area contributed by atoms with Gasteiger partial charge in [0.25, 0.3) is 0 Å². The van der Waals surface area contributed by atoms with E-state index in [1.807, 2.05) is 0 Å². The molecule has 0 bridgehead atoms. The molecule has 1 atom stereocenters. The first-order valence-corrected chi connectivity index (χ1v) is 11.7. The number of rotatable bonds is 7. The zero-order valence-corrected chi connectivity index (χ0v) is 19.6. The molecule has 1 aromatic carbocycles. The van der Waals surface area contributed by atoms with Gasteiger partial charge in [-0.05, 0) is 63.3 Å². The van der Waals surface area contributed by atoms with Crippen molar-refractivity contribution in [1.82, 2.24) is 14.7 Å². The molecule has 2 saturated heterocycles. The maximum atomic E-state index is 4.44. The number of hydrogen-bond donors (Lipinski definition) is 0. The first kappa shape index (κ1) is 22.7. The SMILES string of the molecule is C=C(C(C)/C=C\C=C(/C)N1CCN(C)CC1)N1CCC(Cc2ccccc2C)CC1. The van der Waals surface area contributed by atoms with E-state index >= 15 is 0 Å². The van der Waals surface area contributed by atoms with Gasteiger partial charge in [-0.1, -0.05) is 49.9 Å². The number of allylic oxidation sites excluding steroid dienone is 4. The summed E-state index contributed by atoms with van der Waals surface area (Å²) < 4.78 is 0. The molecule has 3 rings (SSSR count). The van der Waals surface area contributed by atoms with Crippen LogP contribution in [-0.2, 0) is 6.42 Å². The molecule has 0 aromatic heterocycles. The maximum Gasteiger partial charge on any atom is 0.0303 e.